The van der Waals surface area contributed by atoms with Gasteiger partial charge in [-0.1, -0.05) is 5.16 Å². The first kappa shape index (κ1) is 12.5. The third-order valence-corrected chi connectivity index (χ3v) is 3.41. The average molecular weight is 238 g/mol. The van der Waals surface area contributed by atoms with Gasteiger partial charge >= 0.3 is 0 Å². The number of piperidine rings is 1. The molecule has 1 saturated heterocycles. The van der Waals surface area contributed by atoms with E-state index in [0.29, 0.717) is 0 Å². The Morgan fingerprint density at radius 3 is 2.88 bits per heavy atom. The number of hydrogen-bond acceptors (Lipinski definition) is 5. The molecule has 0 spiro atoms. The molecule has 17 heavy (non-hydrogen) atoms. The topological polar surface area (TPSA) is 54.2 Å². The van der Waals surface area contributed by atoms with Crippen LogP contribution in [-0.4, -0.2) is 48.8 Å². The average Bonchev–Trinajstić information content (AvgIpc) is 2.77. The van der Waals surface area contributed by atoms with Crippen LogP contribution in [0, 0.1) is 5.92 Å². The van der Waals surface area contributed by atoms with Gasteiger partial charge in [0.05, 0.1) is 0 Å². The second-order valence-corrected chi connectivity index (χ2v) is 4.91. The van der Waals surface area contributed by atoms with E-state index in [1.807, 2.05) is 7.05 Å². The van der Waals surface area contributed by atoms with Crippen LogP contribution in [0.15, 0.2) is 4.52 Å². The van der Waals surface area contributed by atoms with Crippen molar-refractivity contribution < 1.29 is 4.52 Å². The molecule has 0 unspecified atom stereocenters. The van der Waals surface area contributed by atoms with Gasteiger partial charge in [0.25, 0.3) is 0 Å². The van der Waals surface area contributed by atoms with E-state index < -0.39 is 0 Å². The Balaban J connectivity index is 1.80. The fourth-order valence-corrected chi connectivity index (χ4v) is 2.23. The van der Waals surface area contributed by atoms with Crippen LogP contribution in [0.1, 0.15) is 24.6 Å². The van der Waals surface area contributed by atoms with Gasteiger partial charge in [0.2, 0.25) is 5.89 Å². The first-order chi connectivity index (χ1) is 8.28. The Kier molecular flexibility index (Phi) is 4.50. The number of aromatic nitrogens is 2. The lowest BCUT2D eigenvalue weighted by atomic mass is 9.94. The normalized spacial score (nSPS) is 18.7. The Morgan fingerprint density at radius 2 is 2.18 bits per heavy atom. The lowest BCUT2D eigenvalue weighted by Gasteiger charge is -2.27. The summed E-state index contributed by atoms with van der Waals surface area (Å²) in [6.45, 7) is 3.26. The molecule has 96 valence electrons. The molecule has 1 aromatic heterocycles. The number of hydrogen-bond donors (Lipinski definition) is 1. The molecule has 0 radical (unpaired) electrons. The Morgan fingerprint density at radius 1 is 1.41 bits per heavy atom. The lowest BCUT2D eigenvalue weighted by molar-refractivity contribution is 0.216. The van der Waals surface area contributed by atoms with Crippen LogP contribution in [0.3, 0.4) is 0 Å². The second-order valence-electron chi connectivity index (χ2n) is 4.91. The molecule has 1 fully saturated rings. The number of rotatable bonds is 5. The van der Waals surface area contributed by atoms with Crippen LogP contribution < -0.4 is 5.32 Å². The summed E-state index contributed by atoms with van der Waals surface area (Å²) in [5.41, 5.74) is 0. The lowest BCUT2D eigenvalue weighted by Crippen LogP contribution is -2.31. The van der Waals surface area contributed by atoms with Gasteiger partial charge in [0, 0.05) is 19.4 Å². The molecule has 0 aliphatic carbocycles. The quantitative estimate of drug-likeness (QED) is 0.819. The van der Waals surface area contributed by atoms with E-state index >= 15 is 0 Å². The van der Waals surface area contributed by atoms with Crippen molar-refractivity contribution in [1.82, 2.24) is 20.4 Å². The standard InChI is InChI=1S/C12H22N4O/c1-13-6-3-12-14-11(15-17-12)9-10-4-7-16(2)8-5-10/h10,13H,3-9H2,1-2H3. The minimum Gasteiger partial charge on any atom is -0.339 e. The van der Waals surface area contributed by atoms with E-state index in [4.69, 9.17) is 4.52 Å². The van der Waals surface area contributed by atoms with Crippen LogP contribution in [-0.2, 0) is 12.8 Å². The van der Waals surface area contributed by atoms with E-state index in [-0.39, 0.29) is 0 Å². The Hall–Kier alpha value is -0.940. The minimum atomic E-state index is 0.723. The first-order valence-electron chi connectivity index (χ1n) is 6.42. The summed E-state index contributed by atoms with van der Waals surface area (Å²) in [6.07, 6.45) is 4.28. The van der Waals surface area contributed by atoms with Gasteiger partial charge in [0.15, 0.2) is 5.82 Å². The Labute approximate surface area is 103 Å². The molecule has 1 aromatic rings. The highest BCUT2D eigenvalue weighted by atomic mass is 16.5. The van der Waals surface area contributed by atoms with E-state index in [9.17, 15) is 0 Å². The van der Waals surface area contributed by atoms with Crippen molar-refractivity contribution in [3.05, 3.63) is 11.7 Å². The fraction of sp³-hybridized carbons (Fsp3) is 0.833. The zero-order valence-corrected chi connectivity index (χ0v) is 10.8. The van der Waals surface area contributed by atoms with Crippen molar-refractivity contribution in [3.63, 3.8) is 0 Å². The maximum atomic E-state index is 5.22. The third-order valence-electron chi connectivity index (χ3n) is 3.41. The SMILES string of the molecule is CNCCc1nc(CC2CCN(C)CC2)no1. The highest BCUT2D eigenvalue weighted by molar-refractivity contribution is 4.90. The third kappa shape index (κ3) is 3.78. The zero-order valence-electron chi connectivity index (χ0n) is 10.8. The second kappa shape index (κ2) is 6.12. The molecule has 5 heteroatoms. The van der Waals surface area contributed by atoms with Crippen molar-refractivity contribution in [2.75, 3.05) is 33.7 Å². The van der Waals surface area contributed by atoms with Crippen molar-refractivity contribution >= 4 is 0 Å². The van der Waals surface area contributed by atoms with Gasteiger partial charge in [-0.3, -0.25) is 0 Å². The highest BCUT2D eigenvalue weighted by Crippen LogP contribution is 2.19. The van der Waals surface area contributed by atoms with E-state index in [2.05, 4.69) is 27.4 Å². The van der Waals surface area contributed by atoms with Crippen LogP contribution in [0.25, 0.3) is 0 Å². The van der Waals surface area contributed by atoms with Crippen LogP contribution >= 0.6 is 0 Å². The highest BCUT2D eigenvalue weighted by Gasteiger charge is 2.19. The van der Waals surface area contributed by atoms with Crippen LogP contribution in [0.4, 0.5) is 0 Å². The first-order valence-corrected chi connectivity index (χ1v) is 6.42. The van der Waals surface area contributed by atoms with Crippen molar-refractivity contribution in [1.29, 1.82) is 0 Å². The molecule has 0 atom stereocenters. The summed E-state index contributed by atoms with van der Waals surface area (Å²) in [7, 11) is 4.11. The zero-order chi connectivity index (χ0) is 12.1. The number of likely N-dealkylation sites (N-methyl/N-ethyl adjacent to an activating group) is 1. The van der Waals surface area contributed by atoms with Gasteiger partial charge in [-0.25, -0.2) is 0 Å². The molecule has 0 aromatic carbocycles. The molecule has 5 nitrogen and oxygen atoms in total. The summed E-state index contributed by atoms with van der Waals surface area (Å²) in [4.78, 5) is 6.81. The summed E-state index contributed by atoms with van der Waals surface area (Å²) in [5, 5.41) is 7.13. The summed E-state index contributed by atoms with van der Waals surface area (Å²) >= 11 is 0. The van der Waals surface area contributed by atoms with E-state index in [1.165, 1.54) is 25.9 Å². The van der Waals surface area contributed by atoms with Gasteiger partial charge in [0.1, 0.15) is 0 Å². The molecule has 2 rings (SSSR count). The molecule has 0 bridgehead atoms. The molecule has 0 saturated carbocycles. The van der Waals surface area contributed by atoms with Crippen molar-refractivity contribution in [3.8, 4) is 0 Å². The van der Waals surface area contributed by atoms with Crippen LogP contribution in [0.2, 0.25) is 0 Å². The fourth-order valence-electron chi connectivity index (χ4n) is 2.23. The number of nitrogens with one attached hydrogen (secondary N) is 1. The predicted octanol–water partition coefficient (Wildman–Crippen LogP) is 0.716. The predicted molar refractivity (Wildman–Crippen MR) is 65.9 cm³/mol. The van der Waals surface area contributed by atoms with E-state index in [0.717, 1.165) is 37.0 Å². The van der Waals surface area contributed by atoms with Crippen LogP contribution in [0.5, 0.6) is 0 Å². The molecular formula is C12H22N4O. The molecule has 2 heterocycles. The summed E-state index contributed by atoms with van der Waals surface area (Å²) < 4.78 is 5.22. The molecule has 0 amide bonds. The Bertz CT molecular complexity index is 331. The monoisotopic (exact) mass is 238 g/mol. The largest absolute Gasteiger partial charge is 0.339 e. The summed E-state index contributed by atoms with van der Waals surface area (Å²) in [5.74, 6) is 2.36. The maximum Gasteiger partial charge on any atom is 0.227 e. The van der Waals surface area contributed by atoms with Gasteiger partial charge in [-0.05, 0) is 45.9 Å². The van der Waals surface area contributed by atoms with E-state index in [1.54, 1.807) is 0 Å². The van der Waals surface area contributed by atoms with Gasteiger partial charge in [-0.2, -0.15) is 4.98 Å². The minimum absolute atomic E-state index is 0.723. The van der Waals surface area contributed by atoms with Gasteiger partial charge in [-0.15, -0.1) is 0 Å². The van der Waals surface area contributed by atoms with Crippen molar-refractivity contribution in [2.24, 2.45) is 5.92 Å². The molecular weight excluding hydrogens is 216 g/mol. The molecule has 1 N–H and O–H groups in total. The van der Waals surface area contributed by atoms with Crippen molar-refractivity contribution in [2.45, 2.75) is 25.7 Å². The van der Waals surface area contributed by atoms with Gasteiger partial charge < -0.3 is 14.7 Å². The summed E-state index contributed by atoms with van der Waals surface area (Å²) in [6, 6.07) is 0. The molecule has 1 aliphatic rings. The number of nitrogens with zero attached hydrogens (tertiary/aromatic N) is 3. The number of likely N-dealkylation sites (tertiary alicyclic amines) is 1. The smallest absolute Gasteiger partial charge is 0.227 e. The molecule has 1 aliphatic heterocycles. The maximum absolute atomic E-state index is 5.22.